The summed E-state index contributed by atoms with van der Waals surface area (Å²) in [4.78, 5) is 9.28. The van der Waals surface area contributed by atoms with Gasteiger partial charge in [0.25, 0.3) is 0 Å². The molecule has 2 aromatic heterocycles. The van der Waals surface area contributed by atoms with Gasteiger partial charge in [-0.2, -0.15) is 0 Å². The Morgan fingerprint density at radius 3 is 2.81 bits per heavy atom. The minimum absolute atomic E-state index is 0.739. The predicted molar refractivity (Wildman–Crippen MR) is 87.8 cm³/mol. The SMILES string of the molecule is CCCn1cnc2c3c(Cl)c4ccccc4nc3ccc21. The van der Waals surface area contributed by atoms with Crippen LogP contribution in [0.5, 0.6) is 0 Å². The van der Waals surface area contributed by atoms with Gasteiger partial charge in [0.1, 0.15) is 0 Å². The highest BCUT2D eigenvalue weighted by atomic mass is 35.5. The molecule has 0 saturated heterocycles. The molecule has 0 unspecified atom stereocenters. The Morgan fingerprint density at radius 2 is 1.95 bits per heavy atom. The van der Waals surface area contributed by atoms with E-state index in [4.69, 9.17) is 16.6 Å². The molecule has 0 radical (unpaired) electrons. The first-order valence-electron chi connectivity index (χ1n) is 7.11. The lowest BCUT2D eigenvalue weighted by Gasteiger charge is -2.07. The second kappa shape index (κ2) is 4.71. The predicted octanol–water partition coefficient (Wildman–Crippen LogP) is 4.80. The quantitative estimate of drug-likeness (QED) is 0.497. The number of imidazole rings is 1. The number of fused-ring (bicyclic) bond motifs is 4. The molecule has 0 aliphatic carbocycles. The van der Waals surface area contributed by atoms with Crippen LogP contribution in [0.1, 0.15) is 13.3 Å². The monoisotopic (exact) mass is 295 g/mol. The third-order valence-corrected chi connectivity index (χ3v) is 4.23. The minimum Gasteiger partial charge on any atom is -0.331 e. The van der Waals surface area contributed by atoms with Gasteiger partial charge in [0, 0.05) is 17.3 Å². The maximum atomic E-state index is 6.65. The van der Waals surface area contributed by atoms with Crippen molar-refractivity contribution in [1.29, 1.82) is 0 Å². The lowest BCUT2D eigenvalue weighted by Crippen LogP contribution is -1.94. The second-order valence-corrected chi connectivity index (χ2v) is 5.59. The summed E-state index contributed by atoms with van der Waals surface area (Å²) >= 11 is 6.65. The third kappa shape index (κ3) is 1.81. The molecule has 0 bridgehead atoms. The van der Waals surface area contributed by atoms with Crippen LogP contribution in [-0.4, -0.2) is 14.5 Å². The Balaban J connectivity index is 2.17. The van der Waals surface area contributed by atoms with E-state index < -0.39 is 0 Å². The number of hydrogen-bond donors (Lipinski definition) is 0. The van der Waals surface area contributed by atoms with Crippen molar-refractivity contribution >= 4 is 44.4 Å². The van der Waals surface area contributed by atoms with Gasteiger partial charge in [-0.25, -0.2) is 9.97 Å². The van der Waals surface area contributed by atoms with E-state index in [2.05, 4.69) is 22.5 Å². The smallest absolute Gasteiger partial charge is 0.0993 e. The molecule has 4 rings (SSSR count). The highest BCUT2D eigenvalue weighted by Gasteiger charge is 2.13. The summed E-state index contributed by atoms with van der Waals surface area (Å²) in [5.74, 6) is 0. The van der Waals surface area contributed by atoms with Crippen LogP contribution in [0.15, 0.2) is 42.7 Å². The van der Waals surface area contributed by atoms with Gasteiger partial charge < -0.3 is 4.57 Å². The zero-order valence-electron chi connectivity index (χ0n) is 11.7. The topological polar surface area (TPSA) is 30.7 Å². The Hall–Kier alpha value is -2.13. The van der Waals surface area contributed by atoms with Gasteiger partial charge in [0.2, 0.25) is 0 Å². The fourth-order valence-electron chi connectivity index (χ4n) is 2.87. The van der Waals surface area contributed by atoms with Crippen molar-refractivity contribution < 1.29 is 0 Å². The van der Waals surface area contributed by atoms with Crippen molar-refractivity contribution in [2.45, 2.75) is 19.9 Å². The summed E-state index contributed by atoms with van der Waals surface area (Å²) in [5.41, 5.74) is 3.86. The zero-order chi connectivity index (χ0) is 14.4. The lowest BCUT2D eigenvalue weighted by molar-refractivity contribution is 0.697. The molecule has 0 aliphatic heterocycles. The standard InChI is InChI=1S/C17H14ClN3/c1-2-9-21-10-19-17-14(21)8-7-13-15(17)16(18)11-5-3-4-6-12(11)20-13/h3-8,10H,2,9H2,1H3. The van der Waals surface area contributed by atoms with Crippen molar-refractivity contribution in [2.24, 2.45) is 0 Å². The normalized spacial score (nSPS) is 11.7. The Bertz CT molecular complexity index is 972. The fourth-order valence-corrected chi connectivity index (χ4v) is 3.22. The van der Waals surface area contributed by atoms with Gasteiger partial charge in [-0.3, -0.25) is 0 Å². The Labute approximate surface area is 127 Å². The van der Waals surface area contributed by atoms with Crippen molar-refractivity contribution in [3.8, 4) is 0 Å². The van der Waals surface area contributed by atoms with Crippen LogP contribution in [0.25, 0.3) is 32.8 Å². The Morgan fingerprint density at radius 1 is 1.10 bits per heavy atom. The van der Waals surface area contributed by atoms with Crippen LogP contribution < -0.4 is 0 Å². The molecule has 104 valence electrons. The van der Waals surface area contributed by atoms with Crippen molar-refractivity contribution in [3.05, 3.63) is 47.7 Å². The molecular weight excluding hydrogens is 282 g/mol. The van der Waals surface area contributed by atoms with E-state index in [1.54, 1.807) is 0 Å². The van der Waals surface area contributed by atoms with Crippen LogP contribution >= 0.6 is 11.6 Å². The highest BCUT2D eigenvalue weighted by molar-refractivity contribution is 6.42. The first-order valence-corrected chi connectivity index (χ1v) is 7.49. The molecule has 0 atom stereocenters. The first-order chi connectivity index (χ1) is 10.3. The average Bonchev–Trinajstić information content (AvgIpc) is 2.91. The second-order valence-electron chi connectivity index (χ2n) is 5.21. The van der Waals surface area contributed by atoms with Gasteiger partial charge in [-0.1, -0.05) is 36.7 Å². The van der Waals surface area contributed by atoms with Crippen LogP contribution in [0.3, 0.4) is 0 Å². The van der Waals surface area contributed by atoms with E-state index in [0.717, 1.165) is 50.8 Å². The van der Waals surface area contributed by atoms with Gasteiger partial charge in [-0.05, 0) is 24.6 Å². The van der Waals surface area contributed by atoms with E-state index in [1.807, 2.05) is 36.7 Å². The molecule has 2 heterocycles. The summed E-state index contributed by atoms with van der Waals surface area (Å²) in [6.07, 6.45) is 2.96. The number of halogens is 1. The largest absolute Gasteiger partial charge is 0.331 e. The maximum Gasteiger partial charge on any atom is 0.0993 e. The van der Waals surface area contributed by atoms with Crippen LogP contribution in [0.4, 0.5) is 0 Å². The summed E-state index contributed by atoms with van der Waals surface area (Å²) < 4.78 is 2.17. The summed E-state index contributed by atoms with van der Waals surface area (Å²) in [5, 5.41) is 2.66. The molecule has 0 saturated carbocycles. The number of rotatable bonds is 2. The number of para-hydroxylation sites is 1. The van der Waals surface area contributed by atoms with Crippen LogP contribution in [-0.2, 0) is 6.54 Å². The molecule has 0 fully saturated rings. The third-order valence-electron chi connectivity index (χ3n) is 3.84. The molecular formula is C17H14ClN3. The fraction of sp³-hybridized carbons (Fsp3) is 0.176. The molecule has 4 aromatic rings. The van der Waals surface area contributed by atoms with Crippen LogP contribution in [0, 0.1) is 0 Å². The molecule has 2 aromatic carbocycles. The van der Waals surface area contributed by atoms with Gasteiger partial charge in [0.15, 0.2) is 0 Å². The maximum absolute atomic E-state index is 6.65. The van der Waals surface area contributed by atoms with E-state index in [1.165, 1.54) is 0 Å². The number of aryl methyl sites for hydroxylation is 1. The first kappa shape index (κ1) is 12.6. The summed E-state index contributed by atoms with van der Waals surface area (Å²) in [6.45, 7) is 3.12. The minimum atomic E-state index is 0.739. The lowest BCUT2D eigenvalue weighted by atomic mass is 10.1. The van der Waals surface area contributed by atoms with Crippen molar-refractivity contribution in [1.82, 2.24) is 14.5 Å². The number of pyridine rings is 1. The molecule has 0 amide bonds. The van der Waals surface area contributed by atoms with Gasteiger partial charge in [-0.15, -0.1) is 0 Å². The van der Waals surface area contributed by atoms with Gasteiger partial charge >= 0.3 is 0 Å². The molecule has 0 spiro atoms. The highest BCUT2D eigenvalue weighted by Crippen LogP contribution is 2.34. The molecule has 0 aliphatic rings. The van der Waals surface area contributed by atoms with Crippen LogP contribution in [0.2, 0.25) is 5.02 Å². The van der Waals surface area contributed by atoms with Crippen molar-refractivity contribution in [2.75, 3.05) is 0 Å². The zero-order valence-corrected chi connectivity index (χ0v) is 12.4. The average molecular weight is 296 g/mol. The number of benzene rings is 2. The number of nitrogens with zero attached hydrogens (tertiary/aromatic N) is 3. The van der Waals surface area contributed by atoms with Gasteiger partial charge in [0.05, 0.1) is 33.4 Å². The number of hydrogen-bond acceptors (Lipinski definition) is 2. The summed E-state index contributed by atoms with van der Waals surface area (Å²) in [6, 6.07) is 12.1. The van der Waals surface area contributed by atoms with E-state index in [-0.39, 0.29) is 0 Å². The number of aromatic nitrogens is 3. The van der Waals surface area contributed by atoms with E-state index in [9.17, 15) is 0 Å². The Kier molecular flexibility index (Phi) is 2.82. The van der Waals surface area contributed by atoms with E-state index in [0.29, 0.717) is 0 Å². The van der Waals surface area contributed by atoms with E-state index >= 15 is 0 Å². The molecule has 3 nitrogen and oxygen atoms in total. The molecule has 4 heteroatoms. The molecule has 0 N–H and O–H groups in total. The summed E-state index contributed by atoms with van der Waals surface area (Å²) in [7, 11) is 0. The molecule has 21 heavy (non-hydrogen) atoms. The van der Waals surface area contributed by atoms with Crippen molar-refractivity contribution in [3.63, 3.8) is 0 Å².